The lowest BCUT2D eigenvalue weighted by Crippen LogP contribution is -2.02. The molecule has 0 aliphatic carbocycles. The van der Waals surface area contributed by atoms with Crippen molar-refractivity contribution in [3.63, 3.8) is 0 Å². The fourth-order valence-corrected chi connectivity index (χ4v) is 2.28. The minimum Gasteiger partial charge on any atom is -0.384 e. The predicted molar refractivity (Wildman–Crippen MR) is 69.3 cm³/mol. The largest absolute Gasteiger partial charge is 0.384 e. The molecule has 3 heteroatoms. The number of hydrogen-bond acceptors (Lipinski definition) is 1. The Balaban J connectivity index is 2.40. The standard InChI is InChI=1S/C14H12BrFO/c1-9-7-11(15)5-6-13(9)14(17)10-3-2-4-12(16)8-10/h2-8,14,17H,1H3. The summed E-state index contributed by atoms with van der Waals surface area (Å²) in [5, 5.41) is 10.2. The Bertz CT molecular complexity index is 539. The van der Waals surface area contributed by atoms with Crippen molar-refractivity contribution in [2.24, 2.45) is 0 Å². The van der Waals surface area contributed by atoms with E-state index in [9.17, 15) is 9.50 Å². The Morgan fingerprint density at radius 1 is 1.18 bits per heavy atom. The van der Waals surface area contributed by atoms with E-state index in [2.05, 4.69) is 15.9 Å². The predicted octanol–water partition coefficient (Wildman–Crippen LogP) is 3.98. The van der Waals surface area contributed by atoms with Gasteiger partial charge in [-0.2, -0.15) is 0 Å². The van der Waals surface area contributed by atoms with Gasteiger partial charge in [0.1, 0.15) is 11.9 Å². The van der Waals surface area contributed by atoms with Gasteiger partial charge in [-0.3, -0.25) is 0 Å². The SMILES string of the molecule is Cc1cc(Br)ccc1C(O)c1cccc(F)c1. The molecular formula is C14H12BrFO. The summed E-state index contributed by atoms with van der Waals surface area (Å²) >= 11 is 3.37. The van der Waals surface area contributed by atoms with Crippen LogP contribution in [0.3, 0.4) is 0 Å². The summed E-state index contributed by atoms with van der Waals surface area (Å²) in [6.45, 7) is 1.92. The van der Waals surface area contributed by atoms with Gasteiger partial charge in [-0.1, -0.05) is 34.1 Å². The maximum absolute atomic E-state index is 13.1. The average Bonchev–Trinajstić information content (AvgIpc) is 2.28. The molecule has 0 radical (unpaired) electrons. The van der Waals surface area contributed by atoms with E-state index in [0.29, 0.717) is 5.56 Å². The van der Waals surface area contributed by atoms with Gasteiger partial charge >= 0.3 is 0 Å². The molecule has 88 valence electrons. The summed E-state index contributed by atoms with van der Waals surface area (Å²) in [5.41, 5.74) is 2.32. The first-order chi connectivity index (χ1) is 8.08. The van der Waals surface area contributed by atoms with E-state index in [1.807, 2.05) is 25.1 Å². The maximum atomic E-state index is 13.1. The Labute approximate surface area is 108 Å². The topological polar surface area (TPSA) is 20.2 Å². The van der Waals surface area contributed by atoms with Crippen LogP contribution in [-0.4, -0.2) is 5.11 Å². The highest BCUT2D eigenvalue weighted by atomic mass is 79.9. The second-order valence-corrected chi connectivity index (χ2v) is 4.87. The molecule has 1 atom stereocenters. The van der Waals surface area contributed by atoms with Gasteiger partial charge in [-0.15, -0.1) is 0 Å². The summed E-state index contributed by atoms with van der Waals surface area (Å²) in [6.07, 6.45) is -0.793. The third kappa shape index (κ3) is 2.73. The van der Waals surface area contributed by atoms with Crippen LogP contribution in [0.5, 0.6) is 0 Å². The molecule has 0 saturated heterocycles. The first kappa shape index (κ1) is 12.3. The van der Waals surface area contributed by atoms with Crippen molar-refractivity contribution in [3.05, 3.63) is 69.4 Å². The summed E-state index contributed by atoms with van der Waals surface area (Å²) in [4.78, 5) is 0. The second kappa shape index (κ2) is 4.98. The molecule has 17 heavy (non-hydrogen) atoms. The van der Waals surface area contributed by atoms with Gasteiger partial charge in [0.15, 0.2) is 0 Å². The number of aryl methyl sites for hydroxylation is 1. The summed E-state index contributed by atoms with van der Waals surface area (Å²) in [5.74, 6) is -0.337. The molecule has 1 unspecified atom stereocenters. The van der Waals surface area contributed by atoms with E-state index >= 15 is 0 Å². The number of rotatable bonds is 2. The van der Waals surface area contributed by atoms with Gasteiger partial charge < -0.3 is 5.11 Å². The number of aliphatic hydroxyl groups is 1. The molecule has 1 nitrogen and oxygen atoms in total. The highest BCUT2D eigenvalue weighted by Gasteiger charge is 2.13. The zero-order valence-electron chi connectivity index (χ0n) is 9.32. The van der Waals surface area contributed by atoms with Crippen molar-refractivity contribution in [1.29, 1.82) is 0 Å². The third-order valence-electron chi connectivity index (χ3n) is 2.69. The summed E-state index contributed by atoms with van der Waals surface area (Å²) < 4.78 is 14.1. The normalized spacial score (nSPS) is 12.5. The van der Waals surface area contributed by atoms with Gasteiger partial charge in [-0.25, -0.2) is 4.39 Å². The van der Waals surface area contributed by atoms with E-state index in [0.717, 1.165) is 15.6 Å². The quantitative estimate of drug-likeness (QED) is 0.888. The van der Waals surface area contributed by atoms with Crippen molar-refractivity contribution < 1.29 is 9.50 Å². The highest BCUT2D eigenvalue weighted by molar-refractivity contribution is 9.10. The lowest BCUT2D eigenvalue weighted by Gasteiger charge is -2.14. The Morgan fingerprint density at radius 3 is 2.59 bits per heavy atom. The lowest BCUT2D eigenvalue weighted by atomic mass is 9.98. The molecule has 0 aliphatic rings. The van der Waals surface area contributed by atoms with E-state index in [4.69, 9.17) is 0 Å². The van der Waals surface area contributed by atoms with Crippen molar-refractivity contribution in [1.82, 2.24) is 0 Å². The van der Waals surface area contributed by atoms with Crippen LogP contribution < -0.4 is 0 Å². The van der Waals surface area contributed by atoms with Gasteiger partial charge in [0.2, 0.25) is 0 Å². The molecule has 1 N–H and O–H groups in total. The molecule has 0 fully saturated rings. The first-order valence-electron chi connectivity index (χ1n) is 5.27. The zero-order chi connectivity index (χ0) is 12.4. The van der Waals surface area contributed by atoms with Crippen molar-refractivity contribution in [2.75, 3.05) is 0 Å². The summed E-state index contributed by atoms with van der Waals surface area (Å²) in [7, 11) is 0. The van der Waals surface area contributed by atoms with E-state index in [-0.39, 0.29) is 5.82 Å². The number of halogens is 2. The molecule has 2 aromatic rings. The number of hydrogen-bond donors (Lipinski definition) is 1. The Morgan fingerprint density at radius 2 is 1.94 bits per heavy atom. The van der Waals surface area contributed by atoms with Crippen LogP contribution in [0.4, 0.5) is 4.39 Å². The number of aliphatic hydroxyl groups excluding tert-OH is 1. The van der Waals surface area contributed by atoms with Crippen LogP contribution in [0.2, 0.25) is 0 Å². The maximum Gasteiger partial charge on any atom is 0.123 e. The van der Waals surface area contributed by atoms with Gasteiger partial charge in [0, 0.05) is 4.47 Å². The monoisotopic (exact) mass is 294 g/mol. The van der Waals surface area contributed by atoms with Crippen molar-refractivity contribution in [3.8, 4) is 0 Å². The third-order valence-corrected chi connectivity index (χ3v) is 3.18. The van der Waals surface area contributed by atoms with Crippen molar-refractivity contribution >= 4 is 15.9 Å². The molecule has 0 amide bonds. The molecule has 0 spiro atoms. The van der Waals surface area contributed by atoms with E-state index in [1.165, 1.54) is 12.1 Å². The van der Waals surface area contributed by atoms with Gasteiger partial charge in [-0.05, 0) is 47.9 Å². The second-order valence-electron chi connectivity index (χ2n) is 3.96. The average molecular weight is 295 g/mol. The fraction of sp³-hybridized carbons (Fsp3) is 0.143. The molecule has 2 rings (SSSR count). The molecular weight excluding hydrogens is 283 g/mol. The van der Waals surface area contributed by atoms with Crippen LogP contribution >= 0.6 is 15.9 Å². The molecule has 0 heterocycles. The smallest absolute Gasteiger partial charge is 0.123 e. The van der Waals surface area contributed by atoms with E-state index in [1.54, 1.807) is 12.1 Å². The zero-order valence-corrected chi connectivity index (χ0v) is 10.9. The highest BCUT2D eigenvalue weighted by Crippen LogP contribution is 2.27. The van der Waals surface area contributed by atoms with Gasteiger partial charge in [0.25, 0.3) is 0 Å². The summed E-state index contributed by atoms with van der Waals surface area (Å²) in [6, 6.07) is 11.7. The number of benzene rings is 2. The fourth-order valence-electron chi connectivity index (χ4n) is 1.80. The molecule has 0 aromatic heterocycles. The Kier molecular flexibility index (Phi) is 3.60. The van der Waals surface area contributed by atoms with Crippen LogP contribution in [-0.2, 0) is 0 Å². The molecule has 0 aliphatic heterocycles. The van der Waals surface area contributed by atoms with Crippen LogP contribution in [0, 0.1) is 12.7 Å². The van der Waals surface area contributed by atoms with E-state index < -0.39 is 6.10 Å². The van der Waals surface area contributed by atoms with Crippen molar-refractivity contribution in [2.45, 2.75) is 13.0 Å². The molecule has 2 aromatic carbocycles. The lowest BCUT2D eigenvalue weighted by molar-refractivity contribution is 0.219. The van der Waals surface area contributed by atoms with Crippen LogP contribution in [0.25, 0.3) is 0 Å². The Hall–Kier alpha value is -1.19. The molecule has 0 saturated carbocycles. The van der Waals surface area contributed by atoms with Crippen LogP contribution in [0.1, 0.15) is 22.8 Å². The van der Waals surface area contributed by atoms with Gasteiger partial charge in [0.05, 0.1) is 0 Å². The van der Waals surface area contributed by atoms with Crippen LogP contribution in [0.15, 0.2) is 46.9 Å². The molecule has 0 bridgehead atoms. The first-order valence-corrected chi connectivity index (χ1v) is 6.07. The minimum absolute atomic E-state index is 0.337. The minimum atomic E-state index is -0.793.